The van der Waals surface area contributed by atoms with Gasteiger partial charge in [-0.15, -0.1) is 0 Å². The maximum absolute atomic E-state index is 11.4. The molecular formula is C10H8O4. The number of carbonyl (C=O) groups is 2. The summed E-state index contributed by atoms with van der Waals surface area (Å²) in [6, 6.07) is 2.44. The van der Waals surface area contributed by atoms with Crippen molar-refractivity contribution in [3.05, 3.63) is 23.3 Å². The lowest BCUT2D eigenvalue weighted by Gasteiger charge is -2.15. The van der Waals surface area contributed by atoms with E-state index in [1.807, 2.05) is 0 Å². The van der Waals surface area contributed by atoms with Crippen LogP contribution in [0.1, 0.15) is 22.3 Å². The molecule has 1 aromatic rings. The summed E-state index contributed by atoms with van der Waals surface area (Å²) in [5, 5.41) is 18.6. The fourth-order valence-electron chi connectivity index (χ4n) is 1.67. The third kappa shape index (κ3) is 1.25. The molecule has 0 saturated heterocycles. The highest BCUT2D eigenvalue weighted by molar-refractivity contribution is 6.14. The highest BCUT2D eigenvalue weighted by atomic mass is 16.3. The first-order valence-corrected chi connectivity index (χ1v) is 4.17. The van der Waals surface area contributed by atoms with Gasteiger partial charge in [-0.25, -0.2) is 0 Å². The number of aromatic hydroxyl groups is 2. The number of fused-ring (bicyclic) bond motifs is 1. The van der Waals surface area contributed by atoms with E-state index in [-0.39, 0.29) is 41.5 Å². The Balaban J connectivity index is 2.64. The molecule has 14 heavy (non-hydrogen) atoms. The maximum atomic E-state index is 11.4. The largest absolute Gasteiger partial charge is 0.508 e. The molecule has 1 aromatic carbocycles. The van der Waals surface area contributed by atoms with E-state index in [4.69, 9.17) is 5.11 Å². The third-order valence-corrected chi connectivity index (χ3v) is 2.21. The minimum Gasteiger partial charge on any atom is -0.508 e. The SMILES string of the molecule is O=C1CC(=O)c2c(O)cc(O)cc2C1. The first kappa shape index (κ1) is 8.74. The van der Waals surface area contributed by atoms with E-state index in [1.54, 1.807) is 0 Å². The van der Waals surface area contributed by atoms with Crippen molar-refractivity contribution >= 4 is 11.6 Å². The standard InChI is InChI=1S/C10H8O4/c11-6-1-5-2-7(12)4-9(14)10(5)8(13)3-6/h1,3,11,13H,2,4H2. The van der Waals surface area contributed by atoms with Crippen molar-refractivity contribution in [2.24, 2.45) is 0 Å². The molecule has 0 aromatic heterocycles. The molecule has 0 saturated carbocycles. The molecule has 4 nitrogen and oxygen atoms in total. The van der Waals surface area contributed by atoms with Crippen LogP contribution < -0.4 is 0 Å². The quantitative estimate of drug-likeness (QED) is 0.596. The zero-order chi connectivity index (χ0) is 10.3. The molecule has 0 aliphatic heterocycles. The molecule has 0 atom stereocenters. The fraction of sp³-hybridized carbons (Fsp3) is 0.200. The van der Waals surface area contributed by atoms with E-state index >= 15 is 0 Å². The molecule has 2 N–H and O–H groups in total. The smallest absolute Gasteiger partial charge is 0.174 e. The Bertz CT molecular complexity index is 434. The topological polar surface area (TPSA) is 74.6 Å². The molecule has 2 rings (SSSR count). The molecule has 0 amide bonds. The number of Topliss-reactive ketones (excluding diaryl/α,β-unsaturated/α-hetero) is 2. The normalized spacial score (nSPS) is 15.4. The van der Waals surface area contributed by atoms with Crippen LogP contribution in [0.15, 0.2) is 12.1 Å². The molecule has 0 radical (unpaired) electrons. The minimum absolute atomic E-state index is 0.100. The molecule has 1 aliphatic carbocycles. The number of hydrogen-bond acceptors (Lipinski definition) is 4. The van der Waals surface area contributed by atoms with Gasteiger partial charge >= 0.3 is 0 Å². The zero-order valence-electron chi connectivity index (χ0n) is 7.28. The summed E-state index contributed by atoms with van der Waals surface area (Å²) < 4.78 is 0. The van der Waals surface area contributed by atoms with Gasteiger partial charge in [0.25, 0.3) is 0 Å². The van der Waals surface area contributed by atoms with Crippen molar-refractivity contribution < 1.29 is 19.8 Å². The Labute approximate surface area is 79.8 Å². The number of ketones is 2. The van der Waals surface area contributed by atoms with Gasteiger partial charge in [-0.2, -0.15) is 0 Å². The van der Waals surface area contributed by atoms with E-state index in [0.717, 1.165) is 6.07 Å². The Kier molecular flexibility index (Phi) is 1.77. The summed E-state index contributed by atoms with van der Waals surface area (Å²) in [5.74, 6) is -0.956. The van der Waals surface area contributed by atoms with Crippen molar-refractivity contribution in [2.75, 3.05) is 0 Å². The van der Waals surface area contributed by atoms with Crippen molar-refractivity contribution in [1.82, 2.24) is 0 Å². The maximum Gasteiger partial charge on any atom is 0.174 e. The monoisotopic (exact) mass is 192 g/mol. The van der Waals surface area contributed by atoms with Crippen LogP contribution in [-0.4, -0.2) is 21.8 Å². The Morgan fingerprint density at radius 3 is 2.50 bits per heavy atom. The lowest BCUT2D eigenvalue weighted by Crippen LogP contribution is -2.19. The second kappa shape index (κ2) is 2.83. The summed E-state index contributed by atoms with van der Waals surface area (Å²) in [6.45, 7) is 0. The highest BCUT2D eigenvalue weighted by Crippen LogP contribution is 2.31. The van der Waals surface area contributed by atoms with Crippen LogP contribution in [0.4, 0.5) is 0 Å². The van der Waals surface area contributed by atoms with Crippen molar-refractivity contribution in [2.45, 2.75) is 12.8 Å². The van der Waals surface area contributed by atoms with Gasteiger partial charge < -0.3 is 10.2 Å². The van der Waals surface area contributed by atoms with E-state index in [9.17, 15) is 14.7 Å². The predicted molar refractivity (Wildman–Crippen MR) is 47.4 cm³/mol. The van der Waals surface area contributed by atoms with Gasteiger partial charge in [0.05, 0.1) is 12.0 Å². The molecule has 4 heteroatoms. The molecule has 0 fully saturated rings. The molecule has 0 unspecified atom stereocenters. The van der Waals surface area contributed by atoms with Crippen LogP contribution in [0.3, 0.4) is 0 Å². The van der Waals surface area contributed by atoms with Crippen LogP contribution >= 0.6 is 0 Å². The Morgan fingerprint density at radius 2 is 1.79 bits per heavy atom. The Morgan fingerprint density at radius 1 is 1.07 bits per heavy atom. The van der Waals surface area contributed by atoms with E-state index in [0.29, 0.717) is 5.56 Å². The molecule has 0 heterocycles. The van der Waals surface area contributed by atoms with Crippen LogP contribution in [0.2, 0.25) is 0 Å². The lowest BCUT2D eigenvalue weighted by molar-refractivity contribution is -0.117. The number of rotatable bonds is 0. The minimum atomic E-state index is -0.381. The first-order valence-electron chi connectivity index (χ1n) is 4.17. The predicted octanol–water partition coefficient (Wildman–Crippen LogP) is 0.796. The van der Waals surface area contributed by atoms with Gasteiger partial charge in [-0.1, -0.05) is 0 Å². The highest BCUT2D eigenvalue weighted by Gasteiger charge is 2.26. The summed E-state index contributed by atoms with van der Waals surface area (Å²) in [7, 11) is 0. The van der Waals surface area contributed by atoms with Crippen LogP contribution in [-0.2, 0) is 11.2 Å². The van der Waals surface area contributed by atoms with E-state index < -0.39 is 0 Å². The number of carbonyl (C=O) groups excluding carboxylic acids is 2. The van der Waals surface area contributed by atoms with E-state index in [1.165, 1.54) is 6.07 Å². The molecule has 0 spiro atoms. The van der Waals surface area contributed by atoms with E-state index in [2.05, 4.69) is 0 Å². The zero-order valence-corrected chi connectivity index (χ0v) is 7.28. The van der Waals surface area contributed by atoms with Crippen molar-refractivity contribution in [3.63, 3.8) is 0 Å². The third-order valence-electron chi connectivity index (χ3n) is 2.21. The van der Waals surface area contributed by atoms with Gasteiger partial charge in [-0.05, 0) is 11.6 Å². The second-order valence-electron chi connectivity index (χ2n) is 3.31. The average Bonchev–Trinajstić information content (AvgIpc) is 1.99. The van der Waals surface area contributed by atoms with Crippen LogP contribution in [0, 0.1) is 0 Å². The summed E-state index contributed by atoms with van der Waals surface area (Å²) >= 11 is 0. The second-order valence-corrected chi connectivity index (χ2v) is 3.31. The van der Waals surface area contributed by atoms with Crippen molar-refractivity contribution in [1.29, 1.82) is 0 Å². The molecule has 1 aliphatic rings. The average molecular weight is 192 g/mol. The fourth-order valence-corrected chi connectivity index (χ4v) is 1.67. The van der Waals surface area contributed by atoms with Gasteiger partial charge in [0, 0.05) is 12.5 Å². The molecule has 0 bridgehead atoms. The van der Waals surface area contributed by atoms with Gasteiger partial charge in [-0.3, -0.25) is 9.59 Å². The number of hydrogen-bond donors (Lipinski definition) is 2. The molecular weight excluding hydrogens is 184 g/mol. The van der Waals surface area contributed by atoms with Crippen molar-refractivity contribution in [3.8, 4) is 11.5 Å². The number of phenolic OH excluding ortho intramolecular Hbond substituents is 2. The number of phenols is 2. The van der Waals surface area contributed by atoms with Crippen LogP contribution in [0.25, 0.3) is 0 Å². The first-order chi connectivity index (χ1) is 6.58. The van der Waals surface area contributed by atoms with Gasteiger partial charge in [0.15, 0.2) is 5.78 Å². The summed E-state index contributed by atoms with van der Waals surface area (Å²) in [5.41, 5.74) is 0.575. The van der Waals surface area contributed by atoms with Crippen LogP contribution in [0.5, 0.6) is 11.5 Å². The summed E-state index contributed by atoms with van der Waals surface area (Å²) in [6.07, 6.45) is -0.0611. The van der Waals surface area contributed by atoms with Gasteiger partial charge in [0.1, 0.15) is 17.3 Å². The summed E-state index contributed by atoms with van der Waals surface area (Å²) in [4.78, 5) is 22.4. The Hall–Kier alpha value is -1.84. The lowest BCUT2D eigenvalue weighted by atomic mass is 9.89. The molecule has 72 valence electrons. The number of benzene rings is 1. The van der Waals surface area contributed by atoms with Gasteiger partial charge in [0.2, 0.25) is 0 Å².